The molecule has 0 spiro atoms. The van der Waals surface area contributed by atoms with Crippen LogP contribution in [0.2, 0.25) is 0 Å². The molecule has 0 heterocycles. The summed E-state index contributed by atoms with van der Waals surface area (Å²) in [4.78, 5) is 0. The summed E-state index contributed by atoms with van der Waals surface area (Å²) in [6.07, 6.45) is 4.42. The lowest BCUT2D eigenvalue weighted by Crippen LogP contribution is -2.33. The third kappa shape index (κ3) is 1.97. The molecule has 0 saturated heterocycles. The van der Waals surface area contributed by atoms with Crippen LogP contribution in [0.15, 0.2) is 6.07 Å². The van der Waals surface area contributed by atoms with Crippen LogP contribution in [0.4, 0.5) is 0 Å². The predicted octanol–water partition coefficient (Wildman–Crippen LogP) is 3.05. The molecule has 0 unspecified atom stereocenters. The number of hydrogen-bond donors (Lipinski definition) is 1. The minimum Gasteiger partial charge on any atom is -0.496 e. The summed E-state index contributed by atoms with van der Waals surface area (Å²) < 4.78 is 11.1. The number of ether oxygens (including phenoxy) is 2. The molecule has 1 aliphatic carbocycles. The standard InChI is InChI=1S/C15H23NO2/c1-10-11(2)14(18-4)12(9-13(10)17-3)15(16)7-5-6-8-15/h9H,5-8,16H2,1-4H3. The topological polar surface area (TPSA) is 44.5 Å². The molecule has 3 nitrogen and oxygen atoms in total. The molecule has 0 atom stereocenters. The Labute approximate surface area is 109 Å². The van der Waals surface area contributed by atoms with E-state index >= 15 is 0 Å². The van der Waals surface area contributed by atoms with E-state index in [0.717, 1.165) is 41.0 Å². The molecule has 1 aromatic carbocycles. The summed E-state index contributed by atoms with van der Waals surface area (Å²) in [5, 5.41) is 0. The van der Waals surface area contributed by atoms with E-state index in [-0.39, 0.29) is 5.54 Å². The van der Waals surface area contributed by atoms with Gasteiger partial charge in [0.05, 0.1) is 14.2 Å². The van der Waals surface area contributed by atoms with Crippen LogP contribution in [0, 0.1) is 13.8 Å². The van der Waals surface area contributed by atoms with Crippen molar-refractivity contribution in [3.8, 4) is 11.5 Å². The third-order valence-electron chi connectivity index (χ3n) is 4.25. The average Bonchev–Trinajstić information content (AvgIpc) is 2.80. The van der Waals surface area contributed by atoms with Gasteiger partial charge in [-0.3, -0.25) is 0 Å². The van der Waals surface area contributed by atoms with Crippen molar-refractivity contribution < 1.29 is 9.47 Å². The van der Waals surface area contributed by atoms with Crippen LogP contribution in [-0.4, -0.2) is 14.2 Å². The summed E-state index contributed by atoms with van der Waals surface area (Å²) in [6.45, 7) is 4.12. The van der Waals surface area contributed by atoms with Crippen molar-refractivity contribution in [2.45, 2.75) is 45.1 Å². The van der Waals surface area contributed by atoms with Gasteiger partial charge < -0.3 is 15.2 Å². The molecule has 1 saturated carbocycles. The first kappa shape index (κ1) is 13.2. The van der Waals surface area contributed by atoms with Crippen LogP contribution in [0.1, 0.15) is 42.4 Å². The maximum atomic E-state index is 6.56. The molecule has 2 N–H and O–H groups in total. The number of benzene rings is 1. The van der Waals surface area contributed by atoms with Gasteiger partial charge in [-0.05, 0) is 43.9 Å². The van der Waals surface area contributed by atoms with E-state index in [1.165, 1.54) is 12.8 Å². The average molecular weight is 249 g/mol. The first-order chi connectivity index (χ1) is 8.53. The van der Waals surface area contributed by atoms with Gasteiger partial charge in [0.1, 0.15) is 11.5 Å². The Kier molecular flexibility index (Phi) is 3.53. The second kappa shape index (κ2) is 4.81. The highest BCUT2D eigenvalue weighted by Gasteiger charge is 2.35. The highest BCUT2D eigenvalue weighted by Crippen LogP contribution is 2.44. The fourth-order valence-corrected chi connectivity index (χ4v) is 2.98. The van der Waals surface area contributed by atoms with Crippen molar-refractivity contribution in [2.75, 3.05) is 14.2 Å². The van der Waals surface area contributed by atoms with Crippen LogP contribution in [0.25, 0.3) is 0 Å². The maximum Gasteiger partial charge on any atom is 0.127 e. The summed E-state index contributed by atoms with van der Waals surface area (Å²) in [5.74, 6) is 1.83. The Hall–Kier alpha value is -1.22. The molecule has 0 bridgehead atoms. The van der Waals surface area contributed by atoms with Gasteiger partial charge in [-0.15, -0.1) is 0 Å². The lowest BCUT2D eigenvalue weighted by atomic mass is 9.86. The zero-order chi connectivity index (χ0) is 13.3. The Morgan fingerprint density at radius 3 is 2.17 bits per heavy atom. The lowest BCUT2D eigenvalue weighted by Gasteiger charge is -2.28. The molecule has 18 heavy (non-hydrogen) atoms. The van der Waals surface area contributed by atoms with Crippen LogP contribution in [0.3, 0.4) is 0 Å². The summed E-state index contributed by atoms with van der Waals surface area (Å²) >= 11 is 0. The van der Waals surface area contributed by atoms with Crippen LogP contribution < -0.4 is 15.2 Å². The zero-order valence-corrected chi connectivity index (χ0v) is 11.8. The molecule has 3 heteroatoms. The van der Waals surface area contributed by atoms with Crippen molar-refractivity contribution in [3.63, 3.8) is 0 Å². The van der Waals surface area contributed by atoms with Gasteiger partial charge in [0.25, 0.3) is 0 Å². The van der Waals surface area contributed by atoms with E-state index in [1.807, 2.05) is 0 Å². The van der Waals surface area contributed by atoms with Gasteiger partial charge in [0, 0.05) is 11.1 Å². The normalized spacial score (nSPS) is 17.8. The number of hydrogen-bond acceptors (Lipinski definition) is 3. The third-order valence-corrected chi connectivity index (χ3v) is 4.25. The smallest absolute Gasteiger partial charge is 0.127 e. The Morgan fingerprint density at radius 1 is 1.06 bits per heavy atom. The minimum absolute atomic E-state index is 0.253. The second-order valence-electron chi connectivity index (χ2n) is 5.27. The van der Waals surface area contributed by atoms with Crippen molar-refractivity contribution in [1.82, 2.24) is 0 Å². The Morgan fingerprint density at radius 2 is 1.67 bits per heavy atom. The molecule has 1 fully saturated rings. The van der Waals surface area contributed by atoms with Gasteiger partial charge in [-0.25, -0.2) is 0 Å². The largest absolute Gasteiger partial charge is 0.496 e. The summed E-state index contributed by atoms with van der Waals surface area (Å²) in [6, 6.07) is 2.06. The first-order valence-electron chi connectivity index (χ1n) is 6.55. The quantitative estimate of drug-likeness (QED) is 0.895. The number of rotatable bonds is 3. The molecule has 0 amide bonds. The van der Waals surface area contributed by atoms with Crippen LogP contribution >= 0.6 is 0 Å². The molecule has 100 valence electrons. The molecule has 1 aromatic rings. The Bertz CT molecular complexity index is 448. The van der Waals surface area contributed by atoms with Gasteiger partial charge >= 0.3 is 0 Å². The fraction of sp³-hybridized carbons (Fsp3) is 0.600. The highest BCUT2D eigenvalue weighted by molar-refractivity contribution is 5.55. The van der Waals surface area contributed by atoms with Crippen molar-refractivity contribution in [3.05, 3.63) is 22.8 Å². The SMILES string of the molecule is COc1cc(C2(N)CCCC2)c(OC)c(C)c1C. The molecule has 0 aromatic heterocycles. The van der Waals surface area contributed by atoms with Crippen molar-refractivity contribution in [1.29, 1.82) is 0 Å². The summed E-state index contributed by atoms with van der Waals surface area (Å²) in [7, 11) is 3.42. The van der Waals surface area contributed by atoms with E-state index < -0.39 is 0 Å². The second-order valence-corrected chi connectivity index (χ2v) is 5.27. The number of methoxy groups -OCH3 is 2. The number of nitrogens with two attached hydrogens (primary N) is 1. The van der Waals surface area contributed by atoms with Crippen molar-refractivity contribution in [2.24, 2.45) is 5.73 Å². The molecular weight excluding hydrogens is 226 g/mol. The first-order valence-corrected chi connectivity index (χ1v) is 6.55. The minimum atomic E-state index is -0.253. The molecule has 2 rings (SSSR count). The van der Waals surface area contributed by atoms with E-state index in [2.05, 4.69) is 19.9 Å². The van der Waals surface area contributed by atoms with Crippen LogP contribution in [-0.2, 0) is 5.54 Å². The summed E-state index contributed by atoms with van der Waals surface area (Å²) in [5.41, 5.74) is 9.66. The predicted molar refractivity (Wildman–Crippen MR) is 73.4 cm³/mol. The van der Waals surface area contributed by atoms with E-state index in [1.54, 1.807) is 14.2 Å². The van der Waals surface area contributed by atoms with E-state index in [4.69, 9.17) is 15.2 Å². The lowest BCUT2D eigenvalue weighted by molar-refractivity contribution is 0.367. The molecule has 0 aliphatic heterocycles. The molecule has 0 radical (unpaired) electrons. The van der Waals surface area contributed by atoms with Gasteiger partial charge in [-0.2, -0.15) is 0 Å². The Balaban J connectivity index is 2.61. The van der Waals surface area contributed by atoms with E-state index in [0.29, 0.717) is 0 Å². The monoisotopic (exact) mass is 249 g/mol. The highest BCUT2D eigenvalue weighted by atomic mass is 16.5. The molecule has 1 aliphatic rings. The van der Waals surface area contributed by atoms with Gasteiger partial charge in [-0.1, -0.05) is 12.8 Å². The fourth-order valence-electron chi connectivity index (χ4n) is 2.98. The molecular formula is C15H23NO2. The van der Waals surface area contributed by atoms with Crippen LogP contribution in [0.5, 0.6) is 11.5 Å². The van der Waals surface area contributed by atoms with Gasteiger partial charge in [0.2, 0.25) is 0 Å². The van der Waals surface area contributed by atoms with Gasteiger partial charge in [0.15, 0.2) is 0 Å². The van der Waals surface area contributed by atoms with Crippen molar-refractivity contribution >= 4 is 0 Å². The maximum absolute atomic E-state index is 6.56. The van der Waals surface area contributed by atoms with E-state index in [9.17, 15) is 0 Å². The zero-order valence-electron chi connectivity index (χ0n) is 11.8.